The number of carbonyl (C=O) groups is 1. The molecular formula is C13H14ClNO2. The summed E-state index contributed by atoms with van der Waals surface area (Å²) in [7, 11) is 0. The second-order valence-electron chi connectivity index (χ2n) is 4.37. The molecule has 1 N–H and O–H groups in total. The minimum absolute atomic E-state index is 0.0322. The zero-order valence-electron chi connectivity index (χ0n) is 9.77. The molecule has 2 rings (SSSR count). The molecule has 0 unspecified atom stereocenters. The van der Waals surface area contributed by atoms with Crippen molar-refractivity contribution >= 4 is 28.5 Å². The number of carboxylic acids is 1. The summed E-state index contributed by atoms with van der Waals surface area (Å²) >= 11 is 5.98. The predicted octanol–water partition coefficient (Wildman–Crippen LogP) is 3.50. The highest BCUT2D eigenvalue weighted by molar-refractivity contribution is 6.31. The van der Waals surface area contributed by atoms with E-state index in [-0.39, 0.29) is 12.5 Å². The number of aliphatic carboxylic acids is 1. The molecule has 0 aliphatic carbocycles. The maximum Gasteiger partial charge on any atom is 0.309 e. The Bertz CT molecular complexity index is 572. The molecule has 0 atom stereocenters. The van der Waals surface area contributed by atoms with Crippen molar-refractivity contribution in [2.45, 2.75) is 26.3 Å². The van der Waals surface area contributed by atoms with Gasteiger partial charge in [0.05, 0.1) is 6.42 Å². The zero-order valence-corrected chi connectivity index (χ0v) is 10.5. The van der Waals surface area contributed by atoms with Gasteiger partial charge in [0.1, 0.15) is 0 Å². The van der Waals surface area contributed by atoms with Gasteiger partial charge in [0.2, 0.25) is 0 Å². The van der Waals surface area contributed by atoms with Crippen LogP contribution in [0.25, 0.3) is 10.9 Å². The molecule has 1 aromatic heterocycles. The SMILES string of the molecule is CC(C)n1c(CC(=O)O)cc2ccc(Cl)cc21. The van der Waals surface area contributed by atoms with Crippen LogP contribution in [-0.2, 0) is 11.2 Å². The van der Waals surface area contributed by atoms with Crippen molar-refractivity contribution in [3.8, 4) is 0 Å². The number of aromatic nitrogens is 1. The highest BCUT2D eigenvalue weighted by Gasteiger charge is 2.13. The minimum Gasteiger partial charge on any atom is -0.481 e. The smallest absolute Gasteiger partial charge is 0.309 e. The molecule has 1 aromatic carbocycles. The lowest BCUT2D eigenvalue weighted by Gasteiger charge is -2.13. The number of hydrogen-bond donors (Lipinski definition) is 1. The van der Waals surface area contributed by atoms with Crippen molar-refractivity contribution in [3.05, 3.63) is 35.0 Å². The number of halogens is 1. The van der Waals surface area contributed by atoms with Crippen molar-refractivity contribution in [2.75, 3.05) is 0 Å². The van der Waals surface area contributed by atoms with Crippen LogP contribution in [0.2, 0.25) is 5.02 Å². The van der Waals surface area contributed by atoms with E-state index in [1.807, 2.05) is 42.7 Å². The lowest BCUT2D eigenvalue weighted by molar-refractivity contribution is -0.136. The van der Waals surface area contributed by atoms with Crippen LogP contribution in [0.4, 0.5) is 0 Å². The van der Waals surface area contributed by atoms with Gasteiger partial charge in [-0.3, -0.25) is 4.79 Å². The Kier molecular flexibility index (Phi) is 3.11. The first-order valence-corrected chi connectivity index (χ1v) is 5.88. The summed E-state index contributed by atoms with van der Waals surface area (Å²) in [5.74, 6) is -0.819. The van der Waals surface area contributed by atoms with Crippen LogP contribution in [-0.4, -0.2) is 15.6 Å². The van der Waals surface area contributed by atoms with E-state index in [1.54, 1.807) is 0 Å². The lowest BCUT2D eigenvalue weighted by atomic mass is 10.2. The van der Waals surface area contributed by atoms with Crippen LogP contribution in [0.5, 0.6) is 0 Å². The molecule has 17 heavy (non-hydrogen) atoms. The Morgan fingerprint density at radius 2 is 2.12 bits per heavy atom. The number of hydrogen-bond acceptors (Lipinski definition) is 1. The Morgan fingerprint density at radius 1 is 1.41 bits per heavy atom. The average molecular weight is 252 g/mol. The molecule has 0 aliphatic heterocycles. The fourth-order valence-electron chi connectivity index (χ4n) is 2.15. The van der Waals surface area contributed by atoms with Crippen molar-refractivity contribution in [1.29, 1.82) is 0 Å². The summed E-state index contributed by atoms with van der Waals surface area (Å²) in [4.78, 5) is 10.8. The molecule has 0 aliphatic rings. The van der Waals surface area contributed by atoms with E-state index in [0.717, 1.165) is 16.6 Å². The molecule has 0 saturated carbocycles. The zero-order chi connectivity index (χ0) is 12.6. The number of fused-ring (bicyclic) bond motifs is 1. The van der Waals surface area contributed by atoms with Gasteiger partial charge in [-0.15, -0.1) is 0 Å². The van der Waals surface area contributed by atoms with Gasteiger partial charge >= 0.3 is 5.97 Å². The van der Waals surface area contributed by atoms with E-state index >= 15 is 0 Å². The lowest BCUT2D eigenvalue weighted by Crippen LogP contribution is -2.09. The normalized spacial score (nSPS) is 11.3. The van der Waals surface area contributed by atoms with Gasteiger partial charge in [-0.1, -0.05) is 17.7 Å². The molecule has 0 amide bonds. The molecule has 0 fully saturated rings. The molecule has 2 aromatic rings. The monoisotopic (exact) mass is 251 g/mol. The van der Waals surface area contributed by atoms with Crippen molar-refractivity contribution in [3.63, 3.8) is 0 Å². The minimum atomic E-state index is -0.819. The Labute approximate surface area is 105 Å². The van der Waals surface area contributed by atoms with E-state index in [9.17, 15) is 4.79 Å². The van der Waals surface area contributed by atoms with Crippen LogP contribution >= 0.6 is 11.6 Å². The first kappa shape index (κ1) is 12.0. The van der Waals surface area contributed by atoms with E-state index in [0.29, 0.717) is 5.02 Å². The topological polar surface area (TPSA) is 42.2 Å². The number of carboxylic acid groups (broad SMARTS) is 1. The second-order valence-corrected chi connectivity index (χ2v) is 4.81. The van der Waals surface area contributed by atoms with Gasteiger partial charge in [0.25, 0.3) is 0 Å². The molecule has 0 bridgehead atoms. The summed E-state index contributed by atoms with van der Waals surface area (Å²) in [5, 5.41) is 10.6. The van der Waals surface area contributed by atoms with Crippen LogP contribution in [0.1, 0.15) is 25.6 Å². The van der Waals surface area contributed by atoms with Gasteiger partial charge in [0, 0.05) is 22.3 Å². The maximum absolute atomic E-state index is 10.8. The van der Waals surface area contributed by atoms with E-state index in [1.165, 1.54) is 0 Å². The van der Waals surface area contributed by atoms with Crippen LogP contribution in [0, 0.1) is 0 Å². The first-order chi connectivity index (χ1) is 7.99. The maximum atomic E-state index is 10.8. The third-order valence-corrected chi connectivity index (χ3v) is 2.97. The highest BCUT2D eigenvalue weighted by Crippen LogP contribution is 2.27. The second kappa shape index (κ2) is 4.41. The average Bonchev–Trinajstić information content (AvgIpc) is 2.53. The summed E-state index contributed by atoms with van der Waals surface area (Å²) in [6.45, 7) is 4.07. The molecular weight excluding hydrogens is 238 g/mol. The van der Waals surface area contributed by atoms with Crippen molar-refractivity contribution in [1.82, 2.24) is 4.57 Å². The van der Waals surface area contributed by atoms with E-state index in [4.69, 9.17) is 16.7 Å². The van der Waals surface area contributed by atoms with Crippen molar-refractivity contribution < 1.29 is 9.90 Å². The fraction of sp³-hybridized carbons (Fsp3) is 0.308. The van der Waals surface area contributed by atoms with Crippen LogP contribution in [0.15, 0.2) is 24.3 Å². The van der Waals surface area contributed by atoms with Gasteiger partial charge in [-0.2, -0.15) is 0 Å². The largest absolute Gasteiger partial charge is 0.481 e. The molecule has 0 saturated heterocycles. The Morgan fingerprint density at radius 3 is 2.71 bits per heavy atom. The molecule has 4 heteroatoms. The standard InChI is InChI=1S/C13H14ClNO2/c1-8(2)15-11(7-13(16)17)5-9-3-4-10(14)6-12(9)15/h3-6,8H,7H2,1-2H3,(H,16,17). The van der Waals surface area contributed by atoms with E-state index < -0.39 is 5.97 Å². The number of nitrogens with zero attached hydrogens (tertiary/aromatic N) is 1. The van der Waals surface area contributed by atoms with E-state index in [2.05, 4.69) is 0 Å². The first-order valence-electron chi connectivity index (χ1n) is 5.50. The molecule has 90 valence electrons. The quantitative estimate of drug-likeness (QED) is 0.907. The number of rotatable bonds is 3. The third-order valence-electron chi connectivity index (χ3n) is 2.73. The summed E-state index contributed by atoms with van der Waals surface area (Å²) in [6.07, 6.45) is 0.0322. The molecule has 0 radical (unpaired) electrons. The molecule has 1 heterocycles. The van der Waals surface area contributed by atoms with Gasteiger partial charge in [-0.25, -0.2) is 0 Å². The fourth-order valence-corrected chi connectivity index (χ4v) is 2.32. The third kappa shape index (κ3) is 2.29. The van der Waals surface area contributed by atoms with Gasteiger partial charge < -0.3 is 9.67 Å². The predicted molar refractivity (Wildman–Crippen MR) is 68.7 cm³/mol. The van der Waals surface area contributed by atoms with Crippen LogP contribution in [0.3, 0.4) is 0 Å². The van der Waals surface area contributed by atoms with Gasteiger partial charge in [0.15, 0.2) is 0 Å². The summed E-state index contributed by atoms with van der Waals surface area (Å²) < 4.78 is 2.02. The molecule has 0 spiro atoms. The van der Waals surface area contributed by atoms with Gasteiger partial charge in [-0.05, 0) is 37.4 Å². The van der Waals surface area contributed by atoms with Crippen molar-refractivity contribution in [2.24, 2.45) is 0 Å². The Hall–Kier alpha value is -1.48. The summed E-state index contributed by atoms with van der Waals surface area (Å²) in [5.41, 5.74) is 1.80. The summed E-state index contributed by atoms with van der Waals surface area (Å²) in [6, 6.07) is 7.74. The van der Waals surface area contributed by atoms with Crippen LogP contribution < -0.4 is 0 Å². The Balaban J connectivity index is 2.66. The molecule has 3 nitrogen and oxygen atoms in total. The highest BCUT2D eigenvalue weighted by atomic mass is 35.5. The number of benzene rings is 1.